The highest BCUT2D eigenvalue weighted by Gasteiger charge is 2.19. The highest BCUT2D eigenvalue weighted by atomic mass is 16.4. The first-order valence-electron chi connectivity index (χ1n) is 7.17. The minimum Gasteiger partial charge on any atom is -0.480 e. The molecule has 1 atom stereocenters. The summed E-state index contributed by atoms with van der Waals surface area (Å²) in [4.78, 5) is 27.0. The molecule has 0 saturated heterocycles. The number of carbonyl (C=O) groups is 2. The molecule has 3 N–H and O–H groups in total. The molecule has 6 heteroatoms. The predicted octanol–water partition coefficient (Wildman–Crippen LogP) is 2.13. The van der Waals surface area contributed by atoms with Crippen molar-refractivity contribution in [2.75, 3.05) is 11.9 Å². The second-order valence-corrected chi connectivity index (χ2v) is 5.35. The SMILES string of the molecule is CCCNC(=O)c1ccc(N[C@H](CC(C)C)C(=O)O)nc1. The van der Waals surface area contributed by atoms with E-state index in [1.807, 2.05) is 20.8 Å². The maximum absolute atomic E-state index is 11.7. The van der Waals surface area contributed by atoms with Gasteiger partial charge in [0.25, 0.3) is 5.91 Å². The molecule has 21 heavy (non-hydrogen) atoms. The second kappa shape index (κ2) is 8.24. The lowest BCUT2D eigenvalue weighted by molar-refractivity contribution is -0.138. The van der Waals surface area contributed by atoms with Crippen LogP contribution in [0.5, 0.6) is 0 Å². The Hall–Kier alpha value is -2.11. The van der Waals surface area contributed by atoms with Gasteiger partial charge in [0.15, 0.2) is 0 Å². The number of nitrogens with zero attached hydrogens (tertiary/aromatic N) is 1. The van der Waals surface area contributed by atoms with Crippen LogP contribution in [0.15, 0.2) is 18.3 Å². The Bertz CT molecular complexity index is 472. The molecular formula is C15H23N3O3. The van der Waals surface area contributed by atoms with Gasteiger partial charge in [-0.3, -0.25) is 4.79 Å². The molecule has 0 bridgehead atoms. The van der Waals surface area contributed by atoms with E-state index in [4.69, 9.17) is 5.11 Å². The van der Waals surface area contributed by atoms with Crippen molar-refractivity contribution >= 4 is 17.7 Å². The normalized spacial score (nSPS) is 12.0. The average molecular weight is 293 g/mol. The molecule has 0 saturated carbocycles. The third-order valence-electron chi connectivity index (χ3n) is 2.89. The third-order valence-corrected chi connectivity index (χ3v) is 2.89. The minimum atomic E-state index is -0.907. The van der Waals surface area contributed by atoms with Gasteiger partial charge in [-0.25, -0.2) is 9.78 Å². The van der Waals surface area contributed by atoms with Gasteiger partial charge in [-0.2, -0.15) is 0 Å². The molecule has 1 heterocycles. The Kier molecular flexibility index (Phi) is 6.65. The monoisotopic (exact) mass is 293 g/mol. The van der Waals surface area contributed by atoms with Crippen LogP contribution >= 0.6 is 0 Å². The third kappa shape index (κ3) is 5.81. The number of pyridine rings is 1. The molecule has 0 fully saturated rings. The lowest BCUT2D eigenvalue weighted by atomic mass is 10.0. The molecule has 1 aromatic heterocycles. The molecule has 1 aromatic rings. The Labute approximate surface area is 125 Å². The van der Waals surface area contributed by atoms with Crippen molar-refractivity contribution < 1.29 is 14.7 Å². The van der Waals surface area contributed by atoms with E-state index in [-0.39, 0.29) is 11.8 Å². The number of hydrogen-bond donors (Lipinski definition) is 3. The topological polar surface area (TPSA) is 91.3 Å². The van der Waals surface area contributed by atoms with Crippen LogP contribution in [-0.2, 0) is 4.79 Å². The van der Waals surface area contributed by atoms with E-state index in [2.05, 4.69) is 15.6 Å². The van der Waals surface area contributed by atoms with Crippen molar-refractivity contribution in [2.45, 2.75) is 39.7 Å². The smallest absolute Gasteiger partial charge is 0.326 e. The van der Waals surface area contributed by atoms with E-state index in [1.54, 1.807) is 12.1 Å². The molecule has 0 aliphatic rings. The molecule has 1 amide bonds. The van der Waals surface area contributed by atoms with Crippen molar-refractivity contribution in [3.8, 4) is 0 Å². The van der Waals surface area contributed by atoms with Crippen LogP contribution in [0.3, 0.4) is 0 Å². The summed E-state index contributed by atoms with van der Waals surface area (Å²) in [5.41, 5.74) is 0.463. The van der Waals surface area contributed by atoms with Gasteiger partial charge in [0.05, 0.1) is 5.56 Å². The summed E-state index contributed by atoms with van der Waals surface area (Å²) in [7, 11) is 0. The van der Waals surface area contributed by atoms with E-state index in [0.29, 0.717) is 24.3 Å². The Morgan fingerprint density at radius 1 is 1.33 bits per heavy atom. The summed E-state index contributed by atoms with van der Waals surface area (Å²) in [5, 5.41) is 14.8. The zero-order valence-electron chi connectivity index (χ0n) is 12.7. The standard InChI is InChI=1S/C15H23N3O3/c1-4-7-16-14(19)11-5-6-13(17-9-11)18-12(15(20)21)8-10(2)3/h5-6,9-10,12H,4,7-8H2,1-3H3,(H,16,19)(H,17,18)(H,20,21)/t12-/m1/s1. The fourth-order valence-corrected chi connectivity index (χ4v) is 1.83. The summed E-state index contributed by atoms with van der Waals surface area (Å²) in [6.45, 7) is 6.53. The summed E-state index contributed by atoms with van der Waals surface area (Å²) >= 11 is 0. The molecule has 0 aromatic carbocycles. The highest BCUT2D eigenvalue weighted by Crippen LogP contribution is 2.12. The highest BCUT2D eigenvalue weighted by molar-refractivity contribution is 5.94. The lowest BCUT2D eigenvalue weighted by Crippen LogP contribution is -2.31. The van der Waals surface area contributed by atoms with Crippen LogP contribution in [0.2, 0.25) is 0 Å². The number of aliphatic carboxylic acids is 1. The van der Waals surface area contributed by atoms with E-state index in [0.717, 1.165) is 6.42 Å². The first-order chi connectivity index (χ1) is 9.93. The maximum atomic E-state index is 11.7. The van der Waals surface area contributed by atoms with Gasteiger partial charge in [0.2, 0.25) is 0 Å². The second-order valence-electron chi connectivity index (χ2n) is 5.35. The van der Waals surface area contributed by atoms with Crippen LogP contribution in [0.25, 0.3) is 0 Å². The molecule has 0 radical (unpaired) electrons. The van der Waals surface area contributed by atoms with E-state index in [1.165, 1.54) is 6.20 Å². The summed E-state index contributed by atoms with van der Waals surface area (Å²) in [5.74, 6) is -0.365. The van der Waals surface area contributed by atoms with Gasteiger partial charge in [0.1, 0.15) is 11.9 Å². The number of anilines is 1. The number of carboxylic acid groups (broad SMARTS) is 1. The minimum absolute atomic E-state index is 0.173. The van der Waals surface area contributed by atoms with Crippen molar-refractivity contribution in [3.05, 3.63) is 23.9 Å². The number of nitrogens with one attached hydrogen (secondary N) is 2. The number of carboxylic acids is 1. The molecule has 6 nitrogen and oxygen atoms in total. The number of carbonyl (C=O) groups excluding carboxylic acids is 1. The lowest BCUT2D eigenvalue weighted by Gasteiger charge is -2.17. The first-order valence-corrected chi connectivity index (χ1v) is 7.17. The van der Waals surface area contributed by atoms with Crippen LogP contribution in [0.4, 0.5) is 5.82 Å². The van der Waals surface area contributed by atoms with Crippen LogP contribution in [-0.4, -0.2) is 34.6 Å². The molecule has 1 rings (SSSR count). The van der Waals surface area contributed by atoms with Gasteiger partial charge < -0.3 is 15.7 Å². The fourth-order valence-electron chi connectivity index (χ4n) is 1.83. The number of rotatable bonds is 8. The van der Waals surface area contributed by atoms with Gasteiger partial charge in [0, 0.05) is 12.7 Å². The molecule has 0 aliphatic carbocycles. The molecule has 0 unspecified atom stereocenters. The number of hydrogen-bond acceptors (Lipinski definition) is 4. The molecule has 116 valence electrons. The quantitative estimate of drug-likeness (QED) is 0.683. The van der Waals surface area contributed by atoms with Crippen LogP contribution < -0.4 is 10.6 Å². The zero-order chi connectivity index (χ0) is 15.8. The van der Waals surface area contributed by atoms with E-state index in [9.17, 15) is 9.59 Å². The molecular weight excluding hydrogens is 270 g/mol. The van der Waals surface area contributed by atoms with E-state index >= 15 is 0 Å². The first kappa shape index (κ1) is 16.9. The number of aromatic nitrogens is 1. The summed E-state index contributed by atoms with van der Waals surface area (Å²) in [6, 6.07) is 2.57. The maximum Gasteiger partial charge on any atom is 0.326 e. The number of amides is 1. The van der Waals surface area contributed by atoms with Crippen molar-refractivity contribution in [1.82, 2.24) is 10.3 Å². The Morgan fingerprint density at radius 2 is 2.05 bits per heavy atom. The zero-order valence-corrected chi connectivity index (χ0v) is 12.7. The molecule has 0 spiro atoms. The van der Waals surface area contributed by atoms with Gasteiger partial charge in [-0.05, 0) is 30.9 Å². The van der Waals surface area contributed by atoms with E-state index < -0.39 is 12.0 Å². The Balaban J connectivity index is 2.68. The van der Waals surface area contributed by atoms with Gasteiger partial charge in [-0.1, -0.05) is 20.8 Å². The van der Waals surface area contributed by atoms with Crippen molar-refractivity contribution in [3.63, 3.8) is 0 Å². The van der Waals surface area contributed by atoms with Gasteiger partial charge in [-0.15, -0.1) is 0 Å². The summed E-state index contributed by atoms with van der Waals surface area (Å²) < 4.78 is 0. The van der Waals surface area contributed by atoms with Crippen molar-refractivity contribution in [1.29, 1.82) is 0 Å². The molecule has 0 aliphatic heterocycles. The predicted molar refractivity (Wildman–Crippen MR) is 81.4 cm³/mol. The van der Waals surface area contributed by atoms with Crippen molar-refractivity contribution in [2.24, 2.45) is 5.92 Å². The van der Waals surface area contributed by atoms with Crippen LogP contribution in [0, 0.1) is 5.92 Å². The average Bonchev–Trinajstić information content (AvgIpc) is 2.44. The Morgan fingerprint density at radius 3 is 2.52 bits per heavy atom. The van der Waals surface area contributed by atoms with Gasteiger partial charge >= 0.3 is 5.97 Å². The summed E-state index contributed by atoms with van der Waals surface area (Å²) in [6.07, 6.45) is 2.83. The largest absolute Gasteiger partial charge is 0.480 e. The fraction of sp³-hybridized carbons (Fsp3) is 0.533. The van der Waals surface area contributed by atoms with Crippen LogP contribution in [0.1, 0.15) is 44.0 Å².